The van der Waals surface area contributed by atoms with Gasteiger partial charge in [0.05, 0.1) is 5.56 Å². The lowest BCUT2D eigenvalue weighted by molar-refractivity contribution is -0.138. The maximum atomic E-state index is 12.9. The quantitative estimate of drug-likeness (QED) is 0.668. The van der Waals surface area contributed by atoms with Crippen molar-refractivity contribution >= 4 is 0 Å². The van der Waals surface area contributed by atoms with Crippen LogP contribution in [0.25, 0.3) is 0 Å². The molecule has 0 bridgehead atoms. The molecule has 0 aliphatic rings. The molecule has 0 amide bonds. The molecule has 86 valence electrons. The lowest BCUT2D eigenvalue weighted by atomic mass is 9.92. The van der Waals surface area contributed by atoms with Crippen molar-refractivity contribution in [2.75, 3.05) is 0 Å². The Labute approximate surface area is 93.5 Å². The Bertz CT molecular complexity index is 408. The largest absolute Gasteiger partial charge is 0.416 e. The fraction of sp³-hybridized carbons (Fsp3) is 0.385. The number of benzene rings is 1. The molecule has 0 saturated carbocycles. The van der Waals surface area contributed by atoms with Gasteiger partial charge in [-0.15, -0.1) is 12.3 Å². The predicted octanol–water partition coefficient (Wildman–Crippen LogP) is 4.00. The average Bonchev–Trinajstić information content (AvgIpc) is 2.16. The zero-order valence-electron chi connectivity index (χ0n) is 9.23. The van der Waals surface area contributed by atoms with Crippen molar-refractivity contribution in [2.45, 2.75) is 32.4 Å². The molecule has 1 aromatic rings. The highest BCUT2D eigenvalue weighted by atomic mass is 19.4. The highest BCUT2D eigenvalue weighted by Gasteiger charge is 2.36. The summed E-state index contributed by atoms with van der Waals surface area (Å²) in [6.07, 6.45) is 0.751. The third-order valence-electron chi connectivity index (χ3n) is 2.38. The second-order valence-electron chi connectivity index (χ2n) is 3.91. The van der Waals surface area contributed by atoms with Gasteiger partial charge in [0.2, 0.25) is 0 Å². The number of hydrogen-bond donors (Lipinski definition) is 0. The van der Waals surface area contributed by atoms with Gasteiger partial charge in [-0.2, -0.15) is 13.2 Å². The summed E-state index contributed by atoms with van der Waals surface area (Å²) in [5, 5.41) is 0. The standard InChI is InChI=1S/C13H13F3/c1-4-6-10-7-5-8-11(9(2)3)12(10)13(14,15)16/h1,5,7-9H,6H2,2-3H3. The molecule has 0 spiro atoms. The Morgan fingerprint density at radius 1 is 1.31 bits per heavy atom. The first kappa shape index (κ1) is 12.6. The Morgan fingerprint density at radius 3 is 2.38 bits per heavy atom. The van der Waals surface area contributed by atoms with E-state index in [2.05, 4.69) is 5.92 Å². The smallest absolute Gasteiger partial charge is 0.166 e. The van der Waals surface area contributed by atoms with Gasteiger partial charge in [-0.3, -0.25) is 0 Å². The first-order valence-electron chi connectivity index (χ1n) is 5.00. The zero-order valence-corrected chi connectivity index (χ0v) is 9.23. The van der Waals surface area contributed by atoms with Gasteiger partial charge < -0.3 is 0 Å². The van der Waals surface area contributed by atoms with E-state index in [-0.39, 0.29) is 17.9 Å². The molecule has 0 aromatic heterocycles. The van der Waals surface area contributed by atoms with Crippen molar-refractivity contribution in [1.82, 2.24) is 0 Å². The molecule has 0 aliphatic carbocycles. The molecule has 0 radical (unpaired) electrons. The van der Waals surface area contributed by atoms with Crippen molar-refractivity contribution in [3.05, 3.63) is 34.9 Å². The van der Waals surface area contributed by atoms with Gasteiger partial charge in [0.25, 0.3) is 0 Å². The van der Waals surface area contributed by atoms with E-state index < -0.39 is 11.7 Å². The highest BCUT2D eigenvalue weighted by Crippen LogP contribution is 2.37. The van der Waals surface area contributed by atoms with E-state index in [0.717, 1.165) is 0 Å². The topological polar surface area (TPSA) is 0 Å². The van der Waals surface area contributed by atoms with Crippen molar-refractivity contribution in [2.24, 2.45) is 0 Å². The second kappa shape index (κ2) is 4.61. The van der Waals surface area contributed by atoms with Gasteiger partial charge in [0, 0.05) is 6.42 Å². The SMILES string of the molecule is C#CCc1cccc(C(C)C)c1C(F)(F)F. The number of rotatable bonds is 2. The van der Waals surface area contributed by atoms with Crippen molar-refractivity contribution in [3.8, 4) is 12.3 Å². The normalized spacial score (nSPS) is 11.6. The van der Waals surface area contributed by atoms with Gasteiger partial charge in [-0.25, -0.2) is 0 Å². The summed E-state index contributed by atoms with van der Waals surface area (Å²) >= 11 is 0. The lowest BCUT2D eigenvalue weighted by Crippen LogP contribution is -2.13. The van der Waals surface area contributed by atoms with Crippen molar-refractivity contribution in [1.29, 1.82) is 0 Å². The highest BCUT2D eigenvalue weighted by molar-refractivity contribution is 5.40. The van der Waals surface area contributed by atoms with Crippen LogP contribution in [0.2, 0.25) is 0 Å². The molecular weight excluding hydrogens is 213 g/mol. The molecule has 0 saturated heterocycles. The van der Waals surface area contributed by atoms with Gasteiger partial charge in [0.15, 0.2) is 0 Å². The van der Waals surface area contributed by atoms with Crippen molar-refractivity contribution < 1.29 is 13.2 Å². The molecule has 1 aromatic carbocycles. The van der Waals surface area contributed by atoms with E-state index in [1.54, 1.807) is 19.9 Å². The summed E-state index contributed by atoms with van der Waals surface area (Å²) in [7, 11) is 0. The molecule has 0 N–H and O–H groups in total. The molecule has 0 atom stereocenters. The van der Waals surface area contributed by atoms with Crippen LogP contribution >= 0.6 is 0 Å². The molecule has 0 fully saturated rings. The Hall–Kier alpha value is -1.43. The molecule has 16 heavy (non-hydrogen) atoms. The maximum Gasteiger partial charge on any atom is 0.416 e. The summed E-state index contributed by atoms with van der Waals surface area (Å²) in [4.78, 5) is 0. The summed E-state index contributed by atoms with van der Waals surface area (Å²) in [5.74, 6) is 2.09. The fourth-order valence-electron chi connectivity index (χ4n) is 1.70. The third kappa shape index (κ3) is 2.57. The van der Waals surface area contributed by atoms with Crippen LogP contribution in [0.3, 0.4) is 0 Å². The number of hydrogen-bond acceptors (Lipinski definition) is 0. The first-order valence-corrected chi connectivity index (χ1v) is 5.00. The molecule has 0 unspecified atom stereocenters. The van der Waals surface area contributed by atoms with Crippen LogP contribution in [0.1, 0.15) is 36.5 Å². The number of terminal acetylenes is 1. The Balaban J connectivity index is 3.42. The molecular formula is C13H13F3. The van der Waals surface area contributed by atoms with E-state index in [0.29, 0.717) is 5.56 Å². The van der Waals surface area contributed by atoms with Crippen LogP contribution in [0.4, 0.5) is 13.2 Å². The summed E-state index contributed by atoms with van der Waals surface area (Å²) in [5.41, 5.74) is -0.0793. The predicted molar refractivity (Wildman–Crippen MR) is 58.1 cm³/mol. The second-order valence-corrected chi connectivity index (χ2v) is 3.91. The van der Waals surface area contributed by atoms with Gasteiger partial charge in [0.1, 0.15) is 0 Å². The van der Waals surface area contributed by atoms with Crippen LogP contribution in [0, 0.1) is 12.3 Å². The average molecular weight is 226 g/mol. The zero-order chi connectivity index (χ0) is 12.3. The van der Waals surface area contributed by atoms with E-state index in [1.807, 2.05) is 0 Å². The van der Waals surface area contributed by atoms with Gasteiger partial charge in [-0.1, -0.05) is 32.0 Å². The molecule has 3 heteroatoms. The minimum Gasteiger partial charge on any atom is -0.166 e. The minimum atomic E-state index is -4.34. The van der Waals surface area contributed by atoms with E-state index in [1.165, 1.54) is 12.1 Å². The summed E-state index contributed by atoms with van der Waals surface area (Å²) in [6, 6.07) is 4.57. The van der Waals surface area contributed by atoms with Crippen LogP contribution in [0.15, 0.2) is 18.2 Å². The summed E-state index contributed by atoms with van der Waals surface area (Å²) < 4.78 is 38.8. The minimum absolute atomic E-state index is 0.00933. The molecule has 0 heterocycles. The third-order valence-corrected chi connectivity index (χ3v) is 2.38. The van der Waals surface area contributed by atoms with Crippen LogP contribution in [-0.2, 0) is 12.6 Å². The lowest BCUT2D eigenvalue weighted by Gasteiger charge is -2.18. The number of halogens is 3. The molecule has 0 aliphatic heterocycles. The number of alkyl halides is 3. The van der Waals surface area contributed by atoms with Gasteiger partial charge >= 0.3 is 6.18 Å². The molecule has 1 rings (SSSR count). The summed E-state index contributed by atoms with van der Waals surface area (Å²) in [6.45, 7) is 3.48. The van der Waals surface area contributed by atoms with Crippen molar-refractivity contribution in [3.63, 3.8) is 0 Å². The van der Waals surface area contributed by atoms with E-state index >= 15 is 0 Å². The van der Waals surface area contributed by atoms with Gasteiger partial charge in [-0.05, 0) is 17.0 Å². The first-order chi connectivity index (χ1) is 7.38. The Kier molecular flexibility index (Phi) is 3.64. The van der Waals surface area contributed by atoms with E-state index in [9.17, 15) is 13.2 Å². The van der Waals surface area contributed by atoms with E-state index in [4.69, 9.17) is 6.42 Å². The maximum absolute atomic E-state index is 12.9. The van der Waals surface area contributed by atoms with Crippen LogP contribution < -0.4 is 0 Å². The molecule has 0 nitrogen and oxygen atoms in total. The monoisotopic (exact) mass is 226 g/mol. The fourth-order valence-corrected chi connectivity index (χ4v) is 1.70. The van der Waals surface area contributed by atoms with Crippen LogP contribution in [-0.4, -0.2) is 0 Å². The van der Waals surface area contributed by atoms with Crippen LogP contribution in [0.5, 0.6) is 0 Å². The Morgan fingerprint density at radius 2 is 1.94 bits per heavy atom.